The van der Waals surface area contributed by atoms with Crippen LogP contribution in [0.1, 0.15) is 9.67 Å². The van der Waals surface area contributed by atoms with E-state index in [0.717, 1.165) is 14.6 Å². The quantitative estimate of drug-likeness (QED) is 0.621. The molecule has 0 aliphatic heterocycles. The summed E-state index contributed by atoms with van der Waals surface area (Å²) in [6.07, 6.45) is 0. The maximum absolute atomic E-state index is 11.0. The first-order chi connectivity index (χ1) is 10.0. The number of hydrogen-bond acceptors (Lipinski definition) is 3. The Morgan fingerprint density at radius 2 is 1.90 bits per heavy atom. The Kier molecular flexibility index (Phi) is 3.89. The van der Waals surface area contributed by atoms with Crippen molar-refractivity contribution in [3.8, 4) is 11.5 Å². The Bertz CT molecular complexity index is 827. The summed E-state index contributed by atoms with van der Waals surface area (Å²) in [5, 5.41) is 10.5. The lowest BCUT2D eigenvalue weighted by atomic mass is 10.2. The molecular weight excluding hydrogens is 376 g/mol. The number of carboxylic acids is 1. The largest absolute Gasteiger partial charge is 0.477 e. The van der Waals surface area contributed by atoms with Gasteiger partial charge >= 0.3 is 5.97 Å². The fraction of sp³-hybridized carbons (Fsp3) is 0. The van der Waals surface area contributed by atoms with Crippen LogP contribution < -0.4 is 4.74 Å². The van der Waals surface area contributed by atoms with Gasteiger partial charge in [-0.3, -0.25) is 0 Å². The number of carboxylic acid groups (broad SMARTS) is 1. The molecule has 0 unspecified atom stereocenters. The molecule has 0 atom stereocenters. The molecule has 1 heterocycles. The molecule has 6 heteroatoms. The number of halogens is 2. The van der Waals surface area contributed by atoms with Crippen LogP contribution in [0.4, 0.5) is 0 Å². The van der Waals surface area contributed by atoms with Gasteiger partial charge in [0.25, 0.3) is 0 Å². The summed E-state index contributed by atoms with van der Waals surface area (Å²) >= 11 is 10.5. The minimum atomic E-state index is -0.924. The first-order valence-electron chi connectivity index (χ1n) is 5.93. The van der Waals surface area contributed by atoms with E-state index in [-0.39, 0.29) is 0 Å². The minimum Gasteiger partial charge on any atom is -0.477 e. The lowest BCUT2D eigenvalue weighted by Gasteiger charge is -2.08. The van der Waals surface area contributed by atoms with Gasteiger partial charge in [-0.25, -0.2) is 4.79 Å². The van der Waals surface area contributed by atoms with Gasteiger partial charge in [0.05, 0.1) is 4.47 Å². The van der Waals surface area contributed by atoms with E-state index in [1.165, 1.54) is 11.3 Å². The maximum Gasteiger partial charge on any atom is 0.345 e. The average molecular weight is 384 g/mol. The zero-order valence-corrected chi connectivity index (χ0v) is 13.6. The number of hydrogen-bond donors (Lipinski definition) is 1. The van der Waals surface area contributed by atoms with E-state index < -0.39 is 5.97 Å². The molecule has 0 spiro atoms. The van der Waals surface area contributed by atoms with Crippen LogP contribution in [-0.4, -0.2) is 11.1 Å². The summed E-state index contributed by atoms with van der Waals surface area (Å²) in [7, 11) is 0. The first-order valence-corrected chi connectivity index (χ1v) is 7.91. The zero-order valence-electron chi connectivity index (χ0n) is 10.5. The molecule has 0 aliphatic carbocycles. The third-order valence-electron chi connectivity index (χ3n) is 2.82. The van der Waals surface area contributed by atoms with Crippen molar-refractivity contribution in [1.29, 1.82) is 0 Å². The summed E-state index contributed by atoms with van der Waals surface area (Å²) in [6.45, 7) is 0. The predicted molar refractivity (Wildman–Crippen MR) is 88.0 cm³/mol. The molecule has 21 heavy (non-hydrogen) atoms. The molecule has 1 N–H and O–H groups in total. The SMILES string of the molecule is O=C(O)c1cc2cc(Oc3ccc(Cl)cc3)c(Br)cc2s1. The van der Waals surface area contributed by atoms with Crippen LogP contribution in [0.25, 0.3) is 10.1 Å². The molecule has 106 valence electrons. The second-order valence-electron chi connectivity index (χ2n) is 4.29. The molecule has 0 radical (unpaired) electrons. The Morgan fingerprint density at radius 3 is 2.57 bits per heavy atom. The van der Waals surface area contributed by atoms with Crippen LogP contribution in [-0.2, 0) is 0 Å². The van der Waals surface area contributed by atoms with Crippen molar-refractivity contribution < 1.29 is 14.6 Å². The topological polar surface area (TPSA) is 46.5 Å². The minimum absolute atomic E-state index is 0.306. The number of thiophene rings is 1. The number of benzene rings is 2. The number of rotatable bonds is 3. The van der Waals surface area contributed by atoms with Crippen LogP contribution in [0.5, 0.6) is 11.5 Å². The highest BCUT2D eigenvalue weighted by Crippen LogP contribution is 2.37. The second kappa shape index (κ2) is 5.67. The van der Waals surface area contributed by atoms with Crippen LogP contribution in [0.3, 0.4) is 0 Å². The first kappa shape index (κ1) is 14.4. The molecule has 0 bridgehead atoms. The Hall–Kier alpha value is -1.56. The average Bonchev–Trinajstić information content (AvgIpc) is 2.85. The predicted octanol–water partition coefficient (Wildman–Crippen LogP) is 5.81. The van der Waals surface area contributed by atoms with Gasteiger partial charge in [-0.1, -0.05) is 11.6 Å². The molecular formula is C15H8BrClO3S. The van der Waals surface area contributed by atoms with Crippen molar-refractivity contribution in [3.05, 3.63) is 56.8 Å². The van der Waals surface area contributed by atoms with Crippen LogP contribution in [0.15, 0.2) is 46.9 Å². The number of fused-ring (bicyclic) bond motifs is 1. The molecule has 3 nitrogen and oxygen atoms in total. The molecule has 3 aromatic rings. The monoisotopic (exact) mass is 382 g/mol. The number of carbonyl (C=O) groups is 1. The molecule has 0 saturated carbocycles. The van der Waals surface area contributed by atoms with Crippen molar-refractivity contribution in [2.24, 2.45) is 0 Å². The molecule has 1 aromatic heterocycles. The van der Waals surface area contributed by atoms with Crippen LogP contribution in [0.2, 0.25) is 5.02 Å². The normalized spacial score (nSPS) is 10.8. The van der Waals surface area contributed by atoms with Crippen molar-refractivity contribution in [3.63, 3.8) is 0 Å². The summed E-state index contributed by atoms with van der Waals surface area (Å²) in [5.74, 6) is 0.361. The van der Waals surface area contributed by atoms with E-state index in [1.807, 2.05) is 12.1 Å². The third-order valence-corrected chi connectivity index (χ3v) is 4.78. The van der Waals surface area contributed by atoms with Gasteiger partial charge < -0.3 is 9.84 Å². The Morgan fingerprint density at radius 1 is 1.19 bits per heavy atom. The van der Waals surface area contributed by atoms with Crippen molar-refractivity contribution in [1.82, 2.24) is 0 Å². The van der Waals surface area contributed by atoms with Gasteiger partial charge in [-0.2, -0.15) is 0 Å². The van der Waals surface area contributed by atoms with Crippen molar-refractivity contribution in [2.45, 2.75) is 0 Å². The van der Waals surface area contributed by atoms with Gasteiger partial charge in [0.15, 0.2) is 0 Å². The highest BCUT2D eigenvalue weighted by atomic mass is 79.9. The van der Waals surface area contributed by atoms with Crippen LogP contribution in [0, 0.1) is 0 Å². The zero-order chi connectivity index (χ0) is 15.0. The van der Waals surface area contributed by atoms with E-state index in [0.29, 0.717) is 21.4 Å². The fourth-order valence-electron chi connectivity index (χ4n) is 1.85. The van der Waals surface area contributed by atoms with Gasteiger partial charge in [0.2, 0.25) is 0 Å². The van der Waals surface area contributed by atoms with E-state index in [2.05, 4.69) is 15.9 Å². The van der Waals surface area contributed by atoms with E-state index >= 15 is 0 Å². The number of aromatic carboxylic acids is 1. The van der Waals surface area contributed by atoms with Gasteiger partial charge in [-0.15, -0.1) is 11.3 Å². The highest BCUT2D eigenvalue weighted by Gasteiger charge is 2.12. The molecule has 0 aliphatic rings. The molecule has 0 saturated heterocycles. The Balaban J connectivity index is 2.00. The molecule has 3 rings (SSSR count). The summed E-state index contributed by atoms with van der Waals surface area (Å²) in [5.41, 5.74) is 0. The van der Waals surface area contributed by atoms with Crippen molar-refractivity contribution >= 4 is 54.9 Å². The maximum atomic E-state index is 11.0. The van der Waals surface area contributed by atoms with Gasteiger partial charge in [0, 0.05) is 9.72 Å². The summed E-state index contributed by atoms with van der Waals surface area (Å²) in [4.78, 5) is 11.3. The standard InChI is InChI=1S/C15H8BrClO3S/c16-11-7-13-8(6-14(21-13)15(18)19)5-12(11)20-10-3-1-9(17)2-4-10/h1-7H,(H,18,19). The van der Waals surface area contributed by atoms with Gasteiger partial charge in [-0.05, 0) is 63.8 Å². The molecule has 0 amide bonds. The molecule has 2 aromatic carbocycles. The van der Waals surface area contributed by atoms with E-state index in [4.69, 9.17) is 21.4 Å². The smallest absolute Gasteiger partial charge is 0.345 e. The Labute approximate surface area is 137 Å². The number of ether oxygens (including phenoxy) is 1. The lowest BCUT2D eigenvalue weighted by molar-refractivity contribution is 0.0702. The lowest BCUT2D eigenvalue weighted by Crippen LogP contribution is -1.89. The van der Waals surface area contributed by atoms with E-state index in [1.54, 1.807) is 30.3 Å². The van der Waals surface area contributed by atoms with Gasteiger partial charge in [0.1, 0.15) is 16.4 Å². The highest BCUT2D eigenvalue weighted by molar-refractivity contribution is 9.10. The third kappa shape index (κ3) is 3.05. The fourth-order valence-corrected chi connectivity index (χ4v) is 3.48. The molecule has 0 fully saturated rings. The van der Waals surface area contributed by atoms with E-state index in [9.17, 15) is 4.79 Å². The summed E-state index contributed by atoms with van der Waals surface area (Å²) in [6, 6.07) is 12.4. The second-order valence-corrected chi connectivity index (χ2v) is 6.67. The van der Waals surface area contributed by atoms with Crippen LogP contribution >= 0.6 is 38.9 Å². The van der Waals surface area contributed by atoms with Crippen molar-refractivity contribution in [2.75, 3.05) is 0 Å². The summed E-state index contributed by atoms with van der Waals surface area (Å²) < 4.78 is 7.45.